The summed E-state index contributed by atoms with van der Waals surface area (Å²) in [4.78, 5) is 0. The first-order valence-electron chi connectivity index (χ1n) is 7.72. The molecule has 2 saturated heterocycles. The highest BCUT2D eigenvalue weighted by molar-refractivity contribution is 7.99. The van der Waals surface area contributed by atoms with E-state index in [1.165, 1.54) is 12.8 Å². The molecule has 116 valence electrons. The van der Waals surface area contributed by atoms with Crippen LogP contribution in [0.25, 0.3) is 0 Å². The maximum atomic E-state index is 12.7. The average molecular weight is 319 g/mol. The molecule has 1 atom stereocenters. The van der Waals surface area contributed by atoms with Gasteiger partial charge in [0.15, 0.2) is 0 Å². The summed E-state index contributed by atoms with van der Waals surface area (Å²) in [6, 6.07) is 0.709. The highest BCUT2D eigenvalue weighted by Gasteiger charge is 2.34. The first-order chi connectivity index (χ1) is 9.66. The minimum atomic E-state index is -3.22. The van der Waals surface area contributed by atoms with Crippen LogP contribution in [0.4, 0.5) is 0 Å². The molecule has 7 heteroatoms. The van der Waals surface area contributed by atoms with Crippen molar-refractivity contribution in [2.24, 2.45) is 5.92 Å². The zero-order chi connectivity index (χ0) is 14.0. The van der Waals surface area contributed by atoms with E-state index in [2.05, 4.69) is 5.32 Å². The lowest BCUT2D eigenvalue weighted by atomic mass is 10.00. The van der Waals surface area contributed by atoms with Gasteiger partial charge in [-0.2, -0.15) is 28.8 Å². The van der Waals surface area contributed by atoms with Crippen LogP contribution in [0, 0.1) is 5.92 Å². The second-order valence-electron chi connectivity index (χ2n) is 6.07. The minimum absolute atomic E-state index is 0.485. The SMILES string of the molecule is O=S(=O)(N1CCSCC1)N1CCCC(CNC2CC2)C1. The fourth-order valence-electron chi connectivity index (χ4n) is 2.96. The van der Waals surface area contributed by atoms with Crippen molar-refractivity contribution in [1.82, 2.24) is 13.9 Å². The van der Waals surface area contributed by atoms with E-state index in [1.54, 1.807) is 8.61 Å². The topological polar surface area (TPSA) is 52.7 Å². The average Bonchev–Trinajstić information content (AvgIpc) is 3.31. The number of rotatable bonds is 5. The van der Waals surface area contributed by atoms with Crippen molar-refractivity contribution in [1.29, 1.82) is 0 Å². The Morgan fingerprint density at radius 1 is 1.05 bits per heavy atom. The van der Waals surface area contributed by atoms with Gasteiger partial charge in [0.1, 0.15) is 0 Å². The molecule has 2 heterocycles. The van der Waals surface area contributed by atoms with Gasteiger partial charge >= 0.3 is 0 Å². The summed E-state index contributed by atoms with van der Waals surface area (Å²) in [5.41, 5.74) is 0. The zero-order valence-electron chi connectivity index (χ0n) is 12.0. The third-order valence-corrected chi connectivity index (χ3v) is 7.32. The van der Waals surface area contributed by atoms with Crippen molar-refractivity contribution in [3.63, 3.8) is 0 Å². The number of nitrogens with zero attached hydrogens (tertiary/aromatic N) is 2. The summed E-state index contributed by atoms with van der Waals surface area (Å²) in [6.07, 6.45) is 4.74. The number of nitrogens with one attached hydrogen (secondary N) is 1. The molecule has 1 saturated carbocycles. The molecular weight excluding hydrogens is 294 g/mol. The van der Waals surface area contributed by atoms with Crippen molar-refractivity contribution < 1.29 is 8.42 Å². The Balaban J connectivity index is 1.56. The van der Waals surface area contributed by atoms with Gasteiger partial charge in [-0.15, -0.1) is 0 Å². The smallest absolute Gasteiger partial charge is 0.282 e. The quantitative estimate of drug-likeness (QED) is 0.812. The molecule has 0 aromatic heterocycles. The molecule has 20 heavy (non-hydrogen) atoms. The molecule has 1 unspecified atom stereocenters. The number of hydrogen-bond acceptors (Lipinski definition) is 4. The van der Waals surface area contributed by atoms with E-state index < -0.39 is 10.2 Å². The Hall–Kier alpha value is 0.180. The first kappa shape index (κ1) is 15.1. The number of piperidine rings is 1. The standard InChI is InChI=1S/C13H25N3O2S2/c17-20(18,15-6-8-19-9-7-15)16-5-1-2-12(11-16)10-14-13-3-4-13/h12-14H,1-11H2. The van der Waals surface area contributed by atoms with Gasteiger partial charge < -0.3 is 5.32 Å². The molecule has 0 amide bonds. The lowest BCUT2D eigenvalue weighted by molar-refractivity contribution is 0.243. The molecule has 1 N–H and O–H groups in total. The van der Waals surface area contributed by atoms with Crippen LogP contribution in [0.1, 0.15) is 25.7 Å². The number of hydrogen-bond donors (Lipinski definition) is 1. The Morgan fingerprint density at radius 2 is 1.80 bits per heavy atom. The van der Waals surface area contributed by atoms with Crippen LogP contribution in [0.3, 0.4) is 0 Å². The Labute approximate surface area is 126 Å². The first-order valence-corrected chi connectivity index (χ1v) is 10.3. The summed E-state index contributed by atoms with van der Waals surface area (Å²) < 4.78 is 28.7. The van der Waals surface area contributed by atoms with E-state index in [4.69, 9.17) is 0 Å². The summed E-state index contributed by atoms with van der Waals surface area (Å²) in [5, 5.41) is 3.54. The molecule has 0 bridgehead atoms. The predicted octanol–water partition coefficient (Wildman–Crippen LogP) is 0.744. The molecule has 3 aliphatic rings. The van der Waals surface area contributed by atoms with E-state index >= 15 is 0 Å². The van der Waals surface area contributed by atoms with Crippen LogP contribution < -0.4 is 5.32 Å². The second-order valence-corrected chi connectivity index (χ2v) is 9.22. The van der Waals surface area contributed by atoms with Crippen LogP contribution >= 0.6 is 11.8 Å². The molecule has 2 aliphatic heterocycles. The second kappa shape index (κ2) is 6.52. The van der Waals surface area contributed by atoms with Crippen LogP contribution in [0.5, 0.6) is 0 Å². The van der Waals surface area contributed by atoms with Gasteiger partial charge in [0.05, 0.1) is 0 Å². The predicted molar refractivity (Wildman–Crippen MR) is 83.1 cm³/mol. The molecule has 0 aromatic rings. The van der Waals surface area contributed by atoms with Gasteiger partial charge in [-0.1, -0.05) is 0 Å². The highest BCUT2D eigenvalue weighted by Crippen LogP contribution is 2.24. The summed E-state index contributed by atoms with van der Waals surface area (Å²) in [6.45, 7) is 3.73. The maximum Gasteiger partial charge on any atom is 0.282 e. The molecule has 3 fully saturated rings. The van der Waals surface area contributed by atoms with Crippen LogP contribution in [0.2, 0.25) is 0 Å². The van der Waals surface area contributed by atoms with Gasteiger partial charge in [0, 0.05) is 43.7 Å². The molecule has 5 nitrogen and oxygen atoms in total. The van der Waals surface area contributed by atoms with Gasteiger partial charge in [0.25, 0.3) is 10.2 Å². The van der Waals surface area contributed by atoms with E-state index in [0.717, 1.165) is 30.9 Å². The van der Waals surface area contributed by atoms with Gasteiger partial charge in [-0.3, -0.25) is 0 Å². The molecule has 0 aromatic carbocycles. The molecule has 3 rings (SSSR count). The molecule has 0 spiro atoms. The largest absolute Gasteiger partial charge is 0.314 e. The van der Waals surface area contributed by atoms with E-state index in [-0.39, 0.29) is 0 Å². The zero-order valence-corrected chi connectivity index (χ0v) is 13.6. The summed E-state index contributed by atoms with van der Waals surface area (Å²) >= 11 is 1.85. The lowest BCUT2D eigenvalue weighted by Crippen LogP contribution is -2.51. The number of thioether (sulfide) groups is 1. The third kappa shape index (κ3) is 3.68. The van der Waals surface area contributed by atoms with E-state index in [9.17, 15) is 8.42 Å². The van der Waals surface area contributed by atoms with Crippen LogP contribution in [-0.4, -0.2) is 67.3 Å². The summed E-state index contributed by atoms with van der Waals surface area (Å²) in [5.74, 6) is 2.35. The minimum Gasteiger partial charge on any atom is -0.314 e. The Bertz CT molecular complexity index is 419. The Kier molecular flexibility index (Phi) is 4.92. The Morgan fingerprint density at radius 3 is 2.50 bits per heavy atom. The lowest BCUT2D eigenvalue weighted by Gasteiger charge is -2.36. The third-order valence-electron chi connectivity index (χ3n) is 4.38. The van der Waals surface area contributed by atoms with Gasteiger partial charge in [0.2, 0.25) is 0 Å². The summed E-state index contributed by atoms with van der Waals surface area (Å²) in [7, 11) is -3.22. The van der Waals surface area contributed by atoms with Crippen molar-refractivity contribution >= 4 is 22.0 Å². The van der Waals surface area contributed by atoms with Gasteiger partial charge in [-0.05, 0) is 38.1 Å². The van der Waals surface area contributed by atoms with Crippen molar-refractivity contribution in [2.75, 3.05) is 44.2 Å². The maximum absolute atomic E-state index is 12.7. The molecule has 1 aliphatic carbocycles. The van der Waals surface area contributed by atoms with E-state index in [1.807, 2.05) is 11.8 Å². The molecular formula is C13H25N3O2S2. The van der Waals surface area contributed by atoms with Crippen LogP contribution in [-0.2, 0) is 10.2 Å². The fourth-order valence-corrected chi connectivity index (χ4v) is 5.83. The van der Waals surface area contributed by atoms with Crippen LogP contribution in [0.15, 0.2) is 0 Å². The monoisotopic (exact) mass is 319 g/mol. The van der Waals surface area contributed by atoms with Crippen molar-refractivity contribution in [3.05, 3.63) is 0 Å². The normalized spacial score (nSPS) is 30.5. The fraction of sp³-hybridized carbons (Fsp3) is 1.00. The van der Waals surface area contributed by atoms with E-state index in [0.29, 0.717) is 38.1 Å². The van der Waals surface area contributed by atoms with Gasteiger partial charge in [-0.25, -0.2) is 0 Å². The van der Waals surface area contributed by atoms with Crippen molar-refractivity contribution in [2.45, 2.75) is 31.7 Å². The highest BCUT2D eigenvalue weighted by atomic mass is 32.2. The van der Waals surface area contributed by atoms with Crippen molar-refractivity contribution in [3.8, 4) is 0 Å². The molecule has 0 radical (unpaired) electrons.